The van der Waals surface area contributed by atoms with Gasteiger partial charge in [0.1, 0.15) is 11.6 Å². The number of nitrogens with one attached hydrogen (secondary N) is 1. The minimum absolute atomic E-state index is 0.0659. The molecule has 92 valence electrons. The summed E-state index contributed by atoms with van der Waals surface area (Å²) in [6, 6.07) is 1.71. The maximum atomic E-state index is 13.4. The van der Waals surface area contributed by atoms with E-state index in [1.165, 1.54) is 0 Å². The Labute approximate surface area is 103 Å². The Morgan fingerprint density at radius 3 is 2.71 bits per heavy atom. The second kappa shape index (κ2) is 4.79. The number of phenolic OH excluding ortho intramolecular Hbond substituents is 1. The lowest BCUT2D eigenvalue weighted by Gasteiger charge is -2.16. The molecule has 1 aliphatic rings. The lowest BCUT2D eigenvalue weighted by atomic mass is 10.3. The SMILES string of the molecule is O=C(Nc1cc(O)c(Cl)cc1F)N1CCCC1. The van der Waals surface area contributed by atoms with Crippen LogP contribution < -0.4 is 5.32 Å². The van der Waals surface area contributed by atoms with Crippen molar-refractivity contribution in [2.75, 3.05) is 18.4 Å². The number of aromatic hydroxyl groups is 1. The zero-order valence-corrected chi connectivity index (χ0v) is 9.80. The van der Waals surface area contributed by atoms with Crippen molar-refractivity contribution in [1.29, 1.82) is 0 Å². The van der Waals surface area contributed by atoms with E-state index in [9.17, 15) is 14.3 Å². The Balaban J connectivity index is 2.12. The standard InChI is InChI=1S/C11H12ClFN2O2/c12-7-5-8(13)9(6-10(7)16)14-11(17)15-3-1-2-4-15/h5-6,16H,1-4H2,(H,14,17). The molecule has 2 N–H and O–H groups in total. The molecule has 1 aromatic carbocycles. The highest BCUT2D eigenvalue weighted by atomic mass is 35.5. The normalized spacial score (nSPS) is 15.1. The largest absolute Gasteiger partial charge is 0.506 e. The number of nitrogens with zero attached hydrogens (tertiary/aromatic N) is 1. The second-order valence-corrected chi connectivity index (χ2v) is 4.31. The Bertz CT molecular complexity index is 447. The first-order valence-corrected chi connectivity index (χ1v) is 5.69. The van der Waals surface area contributed by atoms with Gasteiger partial charge in [0.2, 0.25) is 0 Å². The Morgan fingerprint density at radius 2 is 2.06 bits per heavy atom. The summed E-state index contributed by atoms with van der Waals surface area (Å²) >= 11 is 5.54. The molecule has 2 amide bonds. The fourth-order valence-corrected chi connectivity index (χ4v) is 1.90. The molecule has 0 bridgehead atoms. The van der Waals surface area contributed by atoms with Gasteiger partial charge in [0.05, 0.1) is 10.7 Å². The van der Waals surface area contributed by atoms with Gasteiger partial charge in [0, 0.05) is 19.2 Å². The highest BCUT2D eigenvalue weighted by Gasteiger charge is 2.19. The van der Waals surface area contributed by atoms with Crippen LogP contribution in [0, 0.1) is 5.82 Å². The van der Waals surface area contributed by atoms with Gasteiger partial charge in [-0.25, -0.2) is 9.18 Å². The van der Waals surface area contributed by atoms with Gasteiger partial charge in [-0.2, -0.15) is 0 Å². The first kappa shape index (κ1) is 12.0. The molecule has 1 aromatic rings. The summed E-state index contributed by atoms with van der Waals surface area (Å²) in [5.41, 5.74) is -0.0659. The molecule has 4 nitrogen and oxygen atoms in total. The van der Waals surface area contributed by atoms with Gasteiger partial charge in [0.15, 0.2) is 0 Å². The molecule has 17 heavy (non-hydrogen) atoms. The van der Waals surface area contributed by atoms with Crippen molar-refractivity contribution in [3.05, 3.63) is 23.0 Å². The number of hydrogen-bond donors (Lipinski definition) is 2. The Hall–Kier alpha value is -1.49. The van der Waals surface area contributed by atoms with Gasteiger partial charge in [-0.1, -0.05) is 11.6 Å². The highest BCUT2D eigenvalue weighted by Crippen LogP contribution is 2.29. The predicted octanol–water partition coefficient (Wildman–Crippen LogP) is 2.81. The number of benzene rings is 1. The van der Waals surface area contributed by atoms with E-state index in [-0.39, 0.29) is 22.5 Å². The number of urea groups is 1. The molecule has 1 saturated heterocycles. The summed E-state index contributed by atoms with van der Waals surface area (Å²) < 4.78 is 13.4. The van der Waals surface area contributed by atoms with Crippen molar-refractivity contribution in [2.24, 2.45) is 0 Å². The molecule has 6 heteroatoms. The summed E-state index contributed by atoms with van der Waals surface area (Å²) in [6.07, 6.45) is 1.92. The van der Waals surface area contributed by atoms with Gasteiger partial charge < -0.3 is 15.3 Å². The number of carbonyl (C=O) groups excluding carboxylic acids is 1. The van der Waals surface area contributed by atoms with Crippen LogP contribution in [0.1, 0.15) is 12.8 Å². The van der Waals surface area contributed by atoms with Crippen molar-refractivity contribution in [3.63, 3.8) is 0 Å². The molecule has 1 heterocycles. The molecule has 0 unspecified atom stereocenters. The quantitative estimate of drug-likeness (QED) is 0.814. The Kier molecular flexibility index (Phi) is 3.38. The summed E-state index contributed by atoms with van der Waals surface area (Å²) in [6.45, 7) is 1.35. The molecular weight excluding hydrogens is 247 g/mol. The average molecular weight is 259 g/mol. The number of carbonyl (C=O) groups is 1. The minimum atomic E-state index is -0.666. The molecule has 0 radical (unpaired) electrons. The number of phenols is 1. The predicted molar refractivity (Wildman–Crippen MR) is 62.9 cm³/mol. The van der Waals surface area contributed by atoms with Crippen molar-refractivity contribution < 1.29 is 14.3 Å². The first-order chi connectivity index (χ1) is 8.08. The maximum absolute atomic E-state index is 13.4. The maximum Gasteiger partial charge on any atom is 0.321 e. The van der Waals surface area contributed by atoms with Crippen LogP contribution in [0.25, 0.3) is 0 Å². The third-order valence-electron chi connectivity index (χ3n) is 2.67. The third kappa shape index (κ3) is 2.61. The van der Waals surface area contributed by atoms with E-state index in [0.29, 0.717) is 13.1 Å². The summed E-state index contributed by atoms with van der Waals surface area (Å²) in [5, 5.41) is 11.7. The summed E-state index contributed by atoms with van der Waals surface area (Å²) in [5.74, 6) is -0.926. The molecule has 0 atom stereocenters. The van der Waals surface area contributed by atoms with Crippen molar-refractivity contribution in [2.45, 2.75) is 12.8 Å². The van der Waals surface area contributed by atoms with Gasteiger partial charge in [-0.3, -0.25) is 0 Å². The second-order valence-electron chi connectivity index (χ2n) is 3.91. The van der Waals surface area contributed by atoms with Crippen molar-refractivity contribution in [1.82, 2.24) is 4.90 Å². The molecule has 0 aliphatic carbocycles. The van der Waals surface area contributed by atoms with Crippen LogP contribution in [-0.2, 0) is 0 Å². The van der Waals surface area contributed by atoms with Crippen LogP contribution in [0.2, 0.25) is 5.02 Å². The molecule has 0 saturated carbocycles. The van der Waals surface area contributed by atoms with Gasteiger partial charge >= 0.3 is 6.03 Å². The lowest BCUT2D eigenvalue weighted by molar-refractivity contribution is 0.222. The molecule has 0 spiro atoms. The fraction of sp³-hybridized carbons (Fsp3) is 0.364. The van der Waals surface area contributed by atoms with Crippen LogP contribution in [0.4, 0.5) is 14.9 Å². The minimum Gasteiger partial charge on any atom is -0.506 e. The van der Waals surface area contributed by atoms with Gasteiger partial charge in [-0.05, 0) is 18.9 Å². The fourth-order valence-electron chi connectivity index (χ4n) is 1.75. The van der Waals surface area contributed by atoms with Crippen LogP contribution in [0.3, 0.4) is 0 Å². The number of halogens is 2. The zero-order chi connectivity index (χ0) is 12.4. The van der Waals surface area contributed by atoms with Gasteiger partial charge in [0.25, 0.3) is 0 Å². The number of amides is 2. The van der Waals surface area contributed by atoms with Crippen molar-refractivity contribution >= 4 is 23.3 Å². The summed E-state index contributed by atoms with van der Waals surface area (Å²) in [7, 11) is 0. The van der Waals surface area contributed by atoms with Crippen LogP contribution >= 0.6 is 11.6 Å². The van der Waals surface area contributed by atoms with E-state index >= 15 is 0 Å². The first-order valence-electron chi connectivity index (χ1n) is 5.32. The number of likely N-dealkylation sites (tertiary alicyclic amines) is 1. The molecular formula is C11H12ClFN2O2. The van der Waals surface area contributed by atoms with E-state index in [2.05, 4.69) is 5.32 Å². The third-order valence-corrected chi connectivity index (χ3v) is 2.97. The molecule has 0 aromatic heterocycles. The lowest BCUT2D eigenvalue weighted by Crippen LogP contribution is -2.32. The van der Waals surface area contributed by atoms with E-state index in [4.69, 9.17) is 11.6 Å². The van der Waals surface area contributed by atoms with E-state index in [0.717, 1.165) is 25.0 Å². The van der Waals surface area contributed by atoms with Gasteiger partial charge in [-0.15, -0.1) is 0 Å². The zero-order valence-electron chi connectivity index (χ0n) is 9.04. The van der Waals surface area contributed by atoms with Crippen LogP contribution in [0.5, 0.6) is 5.75 Å². The number of rotatable bonds is 1. The topological polar surface area (TPSA) is 52.6 Å². The van der Waals surface area contributed by atoms with Crippen LogP contribution in [0.15, 0.2) is 12.1 Å². The molecule has 2 rings (SSSR count). The summed E-state index contributed by atoms with van der Waals surface area (Å²) in [4.78, 5) is 13.3. The highest BCUT2D eigenvalue weighted by molar-refractivity contribution is 6.32. The number of anilines is 1. The smallest absolute Gasteiger partial charge is 0.321 e. The Morgan fingerprint density at radius 1 is 1.41 bits per heavy atom. The van der Waals surface area contributed by atoms with E-state index in [1.807, 2.05) is 0 Å². The van der Waals surface area contributed by atoms with E-state index < -0.39 is 5.82 Å². The molecule has 1 fully saturated rings. The molecule has 1 aliphatic heterocycles. The van der Waals surface area contributed by atoms with Crippen LogP contribution in [-0.4, -0.2) is 29.1 Å². The van der Waals surface area contributed by atoms with E-state index in [1.54, 1.807) is 4.90 Å². The number of hydrogen-bond acceptors (Lipinski definition) is 2. The average Bonchev–Trinajstić information content (AvgIpc) is 2.79. The monoisotopic (exact) mass is 258 g/mol. The van der Waals surface area contributed by atoms with Crippen molar-refractivity contribution in [3.8, 4) is 5.75 Å².